The lowest BCUT2D eigenvalue weighted by Gasteiger charge is -2.05. The van der Waals surface area contributed by atoms with Crippen molar-refractivity contribution in [1.82, 2.24) is 4.98 Å². The van der Waals surface area contributed by atoms with E-state index in [0.717, 1.165) is 5.69 Å². The molecule has 3 aromatic rings. The topological polar surface area (TPSA) is 48.7 Å². The fraction of sp³-hybridized carbons (Fsp3) is 0. The van der Waals surface area contributed by atoms with Gasteiger partial charge in [-0.25, -0.2) is 4.98 Å². The number of hydrogen-bond donors (Lipinski definition) is 1. The third kappa shape index (κ3) is 2.04. The standard InChI is InChI=1S/C14H9N3S/c15-9-12-2-1-3-14(17-12)16-11-4-5-13-10(8-11)6-7-18-13/h1-8H,(H,16,17). The molecule has 0 aliphatic rings. The summed E-state index contributed by atoms with van der Waals surface area (Å²) in [6.07, 6.45) is 0. The highest BCUT2D eigenvalue weighted by Crippen LogP contribution is 2.25. The van der Waals surface area contributed by atoms with Crippen LogP contribution in [0.5, 0.6) is 0 Å². The van der Waals surface area contributed by atoms with Crippen molar-refractivity contribution in [2.24, 2.45) is 0 Å². The molecule has 4 heteroatoms. The highest BCUT2D eigenvalue weighted by Gasteiger charge is 2.00. The van der Waals surface area contributed by atoms with E-state index in [1.54, 1.807) is 17.4 Å². The molecule has 3 nitrogen and oxygen atoms in total. The van der Waals surface area contributed by atoms with Gasteiger partial charge < -0.3 is 5.32 Å². The number of nitrogens with zero attached hydrogens (tertiary/aromatic N) is 2. The van der Waals surface area contributed by atoms with E-state index < -0.39 is 0 Å². The Bertz CT molecular complexity index is 740. The predicted molar refractivity (Wildman–Crippen MR) is 74.1 cm³/mol. The van der Waals surface area contributed by atoms with Crippen LogP contribution in [0.4, 0.5) is 11.5 Å². The van der Waals surface area contributed by atoms with Crippen LogP contribution in [0, 0.1) is 11.3 Å². The van der Waals surface area contributed by atoms with Crippen molar-refractivity contribution >= 4 is 32.9 Å². The van der Waals surface area contributed by atoms with Crippen molar-refractivity contribution in [3.63, 3.8) is 0 Å². The van der Waals surface area contributed by atoms with Crippen molar-refractivity contribution in [2.45, 2.75) is 0 Å². The van der Waals surface area contributed by atoms with Gasteiger partial charge >= 0.3 is 0 Å². The van der Waals surface area contributed by atoms with E-state index in [2.05, 4.69) is 33.9 Å². The van der Waals surface area contributed by atoms with Gasteiger partial charge in [0.05, 0.1) is 0 Å². The third-order valence-corrected chi connectivity index (χ3v) is 3.49. The second-order valence-corrected chi connectivity index (χ2v) is 4.77. The van der Waals surface area contributed by atoms with Gasteiger partial charge in [0.15, 0.2) is 0 Å². The molecule has 0 amide bonds. The van der Waals surface area contributed by atoms with E-state index in [-0.39, 0.29) is 0 Å². The molecule has 0 unspecified atom stereocenters. The normalized spacial score (nSPS) is 10.2. The van der Waals surface area contributed by atoms with Crippen LogP contribution in [-0.4, -0.2) is 4.98 Å². The third-order valence-electron chi connectivity index (χ3n) is 2.59. The number of benzene rings is 1. The van der Waals surface area contributed by atoms with Crippen molar-refractivity contribution < 1.29 is 0 Å². The fourth-order valence-electron chi connectivity index (χ4n) is 1.76. The summed E-state index contributed by atoms with van der Waals surface area (Å²) in [6, 6.07) is 15.6. The van der Waals surface area contributed by atoms with Crippen LogP contribution in [0.1, 0.15) is 5.69 Å². The van der Waals surface area contributed by atoms with E-state index in [0.29, 0.717) is 11.5 Å². The monoisotopic (exact) mass is 251 g/mol. The number of pyridine rings is 1. The number of thiophene rings is 1. The van der Waals surface area contributed by atoms with E-state index in [9.17, 15) is 0 Å². The predicted octanol–water partition coefficient (Wildman–Crippen LogP) is 3.91. The summed E-state index contributed by atoms with van der Waals surface area (Å²) >= 11 is 1.72. The molecule has 0 aliphatic heterocycles. The van der Waals surface area contributed by atoms with Crippen molar-refractivity contribution in [3.05, 3.63) is 53.5 Å². The molecule has 3 rings (SSSR count). The first kappa shape index (κ1) is 10.8. The average Bonchev–Trinajstić information content (AvgIpc) is 2.86. The molecule has 0 atom stereocenters. The van der Waals surface area contributed by atoms with Gasteiger partial charge in [-0.15, -0.1) is 11.3 Å². The lowest BCUT2D eigenvalue weighted by atomic mass is 10.2. The molecule has 0 radical (unpaired) electrons. The molecule has 2 aromatic heterocycles. The van der Waals surface area contributed by atoms with Crippen LogP contribution in [0.3, 0.4) is 0 Å². The molecule has 0 saturated heterocycles. The summed E-state index contributed by atoms with van der Waals surface area (Å²) < 4.78 is 1.26. The Morgan fingerprint density at radius 3 is 3.00 bits per heavy atom. The molecule has 1 aromatic carbocycles. The first-order valence-corrected chi connectivity index (χ1v) is 6.34. The van der Waals surface area contributed by atoms with Crippen LogP contribution in [0.15, 0.2) is 47.8 Å². The van der Waals surface area contributed by atoms with Crippen molar-refractivity contribution in [1.29, 1.82) is 5.26 Å². The van der Waals surface area contributed by atoms with Gasteiger partial charge in [-0.3, -0.25) is 0 Å². The van der Waals surface area contributed by atoms with Crippen LogP contribution >= 0.6 is 11.3 Å². The molecule has 0 fully saturated rings. The van der Waals surface area contributed by atoms with Crippen LogP contribution in [0.2, 0.25) is 0 Å². The first-order chi connectivity index (χ1) is 8.85. The number of nitriles is 1. The van der Waals surface area contributed by atoms with Gasteiger partial charge in [-0.1, -0.05) is 6.07 Å². The van der Waals surface area contributed by atoms with Gasteiger partial charge in [-0.05, 0) is 47.2 Å². The zero-order valence-electron chi connectivity index (χ0n) is 9.42. The first-order valence-electron chi connectivity index (χ1n) is 5.46. The van der Waals surface area contributed by atoms with E-state index in [1.165, 1.54) is 10.1 Å². The molecule has 86 valence electrons. The quantitative estimate of drug-likeness (QED) is 0.751. The van der Waals surface area contributed by atoms with E-state index in [1.807, 2.05) is 24.3 Å². The molecular weight excluding hydrogens is 242 g/mol. The summed E-state index contributed by atoms with van der Waals surface area (Å²) in [4.78, 5) is 4.18. The molecule has 0 aliphatic carbocycles. The second-order valence-electron chi connectivity index (χ2n) is 3.82. The number of fused-ring (bicyclic) bond motifs is 1. The molecule has 0 spiro atoms. The SMILES string of the molecule is N#Cc1cccc(Nc2ccc3sccc3c2)n1. The smallest absolute Gasteiger partial charge is 0.142 e. The highest BCUT2D eigenvalue weighted by molar-refractivity contribution is 7.17. The zero-order chi connectivity index (χ0) is 12.4. The minimum atomic E-state index is 0.414. The zero-order valence-corrected chi connectivity index (χ0v) is 10.2. The van der Waals surface area contributed by atoms with Gasteiger partial charge in [0, 0.05) is 10.4 Å². The van der Waals surface area contributed by atoms with Crippen LogP contribution in [0.25, 0.3) is 10.1 Å². The molecular formula is C14H9N3S. The maximum atomic E-state index is 8.80. The molecule has 0 saturated carbocycles. The molecule has 0 bridgehead atoms. The Hall–Kier alpha value is -2.38. The molecule has 1 N–H and O–H groups in total. The van der Waals surface area contributed by atoms with Crippen LogP contribution < -0.4 is 5.32 Å². The number of rotatable bonds is 2. The highest BCUT2D eigenvalue weighted by atomic mass is 32.1. The van der Waals surface area contributed by atoms with Gasteiger partial charge in [0.25, 0.3) is 0 Å². The number of anilines is 2. The summed E-state index contributed by atoms with van der Waals surface area (Å²) in [5.74, 6) is 0.684. The van der Waals surface area contributed by atoms with Gasteiger partial charge in [0.2, 0.25) is 0 Å². The molecule has 2 heterocycles. The van der Waals surface area contributed by atoms with Gasteiger partial charge in [0.1, 0.15) is 17.6 Å². The van der Waals surface area contributed by atoms with Crippen LogP contribution in [-0.2, 0) is 0 Å². The number of hydrogen-bond acceptors (Lipinski definition) is 4. The Labute approximate surface area is 108 Å². The van der Waals surface area contributed by atoms with Crippen molar-refractivity contribution in [2.75, 3.05) is 5.32 Å². The molecule has 18 heavy (non-hydrogen) atoms. The van der Waals surface area contributed by atoms with Gasteiger partial charge in [-0.2, -0.15) is 5.26 Å². The Balaban J connectivity index is 1.93. The minimum absolute atomic E-state index is 0.414. The van der Waals surface area contributed by atoms with E-state index >= 15 is 0 Å². The number of nitrogens with one attached hydrogen (secondary N) is 1. The summed E-state index contributed by atoms with van der Waals surface area (Å²) in [5.41, 5.74) is 1.39. The second kappa shape index (κ2) is 4.47. The minimum Gasteiger partial charge on any atom is -0.340 e. The summed E-state index contributed by atoms with van der Waals surface area (Å²) in [7, 11) is 0. The lowest BCUT2D eigenvalue weighted by Crippen LogP contribution is -1.94. The maximum Gasteiger partial charge on any atom is 0.142 e. The lowest BCUT2D eigenvalue weighted by molar-refractivity contribution is 1.26. The van der Waals surface area contributed by atoms with E-state index in [4.69, 9.17) is 5.26 Å². The Morgan fingerprint density at radius 2 is 2.11 bits per heavy atom. The number of aromatic nitrogens is 1. The summed E-state index contributed by atoms with van der Waals surface area (Å²) in [5, 5.41) is 15.3. The average molecular weight is 251 g/mol. The fourth-order valence-corrected chi connectivity index (χ4v) is 2.53. The van der Waals surface area contributed by atoms with Crippen molar-refractivity contribution in [3.8, 4) is 6.07 Å². The summed E-state index contributed by atoms with van der Waals surface area (Å²) in [6.45, 7) is 0. The largest absolute Gasteiger partial charge is 0.340 e. The maximum absolute atomic E-state index is 8.80. The Kier molecular flexibility index (Phi) is 2.67. The Morgan fingerprint density at radius 1 is 1.17 bits per heavy atom.